The first-order valence-corrected chi connectivity index (χ1v) is 6.36. The molecule has 18 heavy (non-hydrogen) atoms. The third-order valence-electron chi connectivity index (χ3n) is 2.89. The van der Waals surface area contributed by atoms with Crippen molar-refractivity contribution in [2.24, 2.45) is 0 Å². The standard InChI is InChI=1S/C16H18FN/c1-2-10-18-12-14-11-15(17)8-9-16(14)13-6-4-3-5-7-13/h3-9,11,18H,2,10,12H2,1H3. The van der Waals surface area contributed by atoms with Gasteiger partial charge in [-0.3, -0.25) is 0 Å². The Hall–Kier alpha value is -1.67. The zero-order valence-corrected chi connectivity index (χ0v) is 10.6. The highest BCUT2D eigenvalue weighted by molar-refractivity contribution is 5.67. The van der Waals surface area contributed by atoms with Crippen LogP contribution in [0.5, 0.6) is 0 Å². The molecule has 0 unspecified atom stereocenters. The van der Waals surface area contributed by atoms with Crippen molar-refractivity contribution < 1.29 is 4.39 Å². The maximum atomic E-state index is 13.3. The monoisotopic (exact) mass is 243 g/mol. The lowest BCUT2D eigenvalue weighted by molar-refractivity contribution is 0.619. The average Bonchev–Trinajstić information content (AvgIpc) is 2.40. The normalized spacial score (nSPS) is 10.6. The third-order valence-corrected chi connectivity index (χ3v) is 2.89. The van der Waals surface area contributed by atoms with Gasteiger partial charge in [0.1, 0.15) is 5.82 Å². The highest BCUT2D eigenvalue weighted by atomic mass is 19.1. The molecule has 2 rings (SSSR count). The summed E-state index contributed by atoms with van der Waals surface area (Å²) >= 11 is 0. The van der Waals surface area contributed by atoms with Gasteiger partial charge >= 0.3 is 0 Å². The molecule has 0 heterocycles. The Morgan fingerprint density at radius 2 is 1.83 bits per heavy atom. The van der Waals surface area contributed by atoms with Crippen LogP contribution in [0, 0.1) is 5.82 Å². The van der Waals surface area contributed by atoms with Gasteiger partial charge in [0.2, 0.25) is 0 Å². The van der Waals surface area contributed by atoms with Crippen LogP contribution in [0.25, 0.3) is 11.1 Å². The fraction of sp³-hybridized carbons (Fsp3) is 0.250. The molecule has 0 amide bonds. The Kier molecular flexibility index (Phi) is 4.48. The highest BCUT2D eigenvalue weighted by Crippen LogP contribution is 2.24. The van der Waals surface area contributed by atoms with Crippen molar-refractivity contribution in [1.29, 1.82) is 0 Å². The number of nitrogens with one attached hydrogen (secondary N) is 1. The van der Waals surface area contributed by atoms with E-state index in [1.807, 2.05) is 24.3 Å². The van der Waals surface area contributed by atoms with Crippen molar-refractivity contribution >= 4 is 0 Å². The second-order valence-electron chi connectivity index (χ2n) is 4.34. The second kappa shape index (κ2) is 6.31. The Balaban J connectivity index is 2.29. The SMILES string of the molecule is CCCNCc1cc(F)ccc1-c1ccccc1. The first-order chi connectivity index (χ1) is 8.81. The molecule has 94 valence electrons. The zero-order chi connectivity index (χ0) is 12.8. The number of halogens is 1. The summed E-state index contributed by atoms with van der Waals surface area (Å²) < 4.78 is 13.3. The summed E-state index contributed by atoms with van der Waals surface area (Å²) in [6.07, 6.45) is 1.08. The molecule has 0 bridgehead atoms. The van der Waals surface area contributed by atoms with Crippen molar-refractivity contribution in [2.75, 3.05) is 6.54 Å². The minimum atomic E-state index is -0.178. The minimum Gasteiger partial charge on any atom is -0.313 e. The molecule has 0 spiro atoms. The fourth-order valence-corrected chi connectivity index (χ4v) is 2.01. The molecule has 1 nitrogen and oxygen atoms in total. The van der Waals surface area contributed by atoms with Crippen LogP contribution in [-0.2, 0) is 6.54 Å². The van der Waals surface area contributed by atoms with Crippen molar-refractivity contribution in [3.05, 3.63) is 59.9 Å². The van der Waals surface area contributed by atoms with Gasteiger partial charge in [-0.2, -0.15) is 0 Å². The molecule has 0 saturated heterocycles. The molecule has 0 fully saturated rings. The van der Waals surface area contributed by atoms with Crippen LogP contribution in [-0.4, -0.2) is 6.54 Å². The molecule has 1 N–H and O–H groups in total. The van der Waals surface area contributed by atoms with Crippen LogP contribution < -0.4 is 5.32 Å². The van der Waals surface area contributed by atoms with E-state index in [1.165, 1.54) is 6.07 Å². The molecule has 2 aromatic carbocycles. The summed E-state index contributed by atoms with van der Waals surface area (Å²) in [6, 6.07) is 15.1. The smallest absolute Gasteiger partial charge is 0.123 e. The Morgan fingerprint density at radius 1 is 1.06 bits per heavy atom. The average molecular weight is 243 g/mol. The molecule has 2 aromatic rings. The molecular weight excluding hydrogens is 225 g/mol. The van der Waals surface area contributed by atoms with Gasteiger partial charge in [-0.1, -0.05) is 43.3 Å². The Morgan fingerprint density at radius 3 is 2.56 bits per heavy atom. The predicted octanol–water partition coefficient (Wildman–Crippen LogP) is 3.99. The molecule has 0 aliphatic carbocycles. The Bertz CT molecular complexity index is 494. The minimum absolute atomic E-state index is 0.178. The Labute approximate surface area is 108 Å². The third kappa shape index (κ3) is 3.17. The molecule has 2 heteroatoms. The van der Waals surface area contributed by atoms with E-state index in [0.717, 1.165) is 29.7 Å². The summed E-state index contributed by atoms with van der Waals surface area (Å²) in [5, 5.41) is 3.32. The number of hydrogen-bond acceptors (Lipinski definition) is 1. The number of benzene rings is 2. The topological polar surface area (TPSA) is 12.0 Å². The maximum absolute atomic E-state index is 13.3. The summed E-state index contributed by atoms with van der Waals surface area (Å²) in [5.74, 6) is -0.178. The summed E-state index contributed by atoms with van der Waals surface area (Å²) in [5.41, 5.74) is 3.24. The van der Waals surface area contributed by atoms with Gasteiger partial charge in [-0.25, -0.2) is 4.39 Å². The van der Waals surface area contributed by atoms with E-state index in [2.05, 4.69) is 24.4 Å². The van der Waals surface area contributed by atoms with E-state index in [4.69, 9.17) is 0 Å². The van der Waals surface area contributed by atoms with Gasteiger partial charge in [0.15, 0.2) is 0 Å². The van der Waals surface area contributed by atoms with E-state index in [9.17, 15) is 4.39 Å². The molecule has 0 aromatic heterocycles. The van der Waals surface area contributed by atoms with Crippen molar-refractivity contribution in [1.82, 2.24) is 5.32 Å². The summed E-state index contributed by atoms with van der Waals surface area (Å²) in [4.78, 5) is 0. The first kappa shape index (κ1) is 12.8. The lowest BCUT2D eigenvalue weighted by Crippen LogP contribution is -2.14. The van der Waals surface area contributed by atoms with Crippen LogP contribution in [0.1, 0.15) is 18.9 Å². The quantitative estimate of drug-likeness (QED) is 0.783. The van der Waals surface area contributed by atoms with Gasteiger partial charge in [-0.15, -0.1) is 0 Å². The van der Waals surface area contributed by atoms with E-state index >= 15 is 0 Å². The lowest BCUT2D eigenvalue weighted by Gasteiger charge is -2.11. The first-order valence-electron chi connectivity index (χ1n) is 6.36. The molecular formula is C16H18FN. The van der Waals surface area contributed by atoms with Crippen LogP contribution >= 0.6 is 0 Å². The van der Waals surface area contributed by atoms with Gasteiger partial charge in [0.25, 0.3) is 0 Å². The molecule has 0 atom stereocenters. The van der Waals surface area contributed by atoms with Crippen molar-refractivity contribution in [3.63, 3.8) is 0 Å². The second-order valence-corrected chi connectivity index (χ2v) is 4.34. The highest BCUT2D eigenvalue weighted by Gasteiger charge is 2.05. The van der Waals surface area contributed by atoms with Crippen molar-refractivity contribution in [2.45, 2.75) is 19.9 Å². The van der Waals surface area contributed by atoms with Crippen LogP contribution in [0.4, 0.5) is 4.39 Å². The van der Waals surface area contributed by atoms with E-state index in [0.29, 0.717) is 6.54 Å². The van der Waals surface area contributed by atoms with Gasteiger partial charge in [0.05, 0.1) is 0 Å². The molecule has 0 aliphatic heterocycles. The molecule has 0 saturated carbocycles. The predicted molar refractivity (Wildman–Crippen MR) is 73.8 cm³/mol. The fourth-order valence-electron chi connectivity index (χ4n) is 2.01. The van der Waals surface area contributed by atoms with E-state index in [-0.39, 0.29) is 5.82 Å². The maximum Gasteiger partial charge on any atom is 0.123 e. The summed E-state index contributed by atoms with van der Waals surface area (Å²) in [6.45, 7) is 3.78. The number of hydrogen-bond donors (Lipinski definition) is 1. The van der Waals surface area contributed by atoms with E-state index < -0.39 is 0 Å². The molecule has 0 radical (unpaired) electrons. The number of rotatable bonds is 5. The zero-order valence-electron chi connectivity index (χ0n) is 10.6. The molecule has 0 aliphatic rings. The summed E-state index contributed by atoms with van der Waals surface area (Å²) in [7, 11) is 0. The van der Waals surface area contributed by atoms with Gasteiger partial charge < -0.3 is 5.32 Å². The largest absolute Gasteiger partial charge is 0.313 e. The van der Waals surface area contributed by atoms with Gasteiger partial charge in [-0.05, 0) is 41.8 Å². The van der Waals surface area contributed by atoms with Crippen molar-refractivity contribution in [3.8, 4) is 11.1 Å². The van der Waals surface area contributed by atoms with Crippen LogP contribution in [0.15, 0.2) is 48.5 Å². The van der Waals surface area contributed by atoms with E-state index in [1.54, 1.807) is 6.07 Å². The lowest BCUT2D eigenvalue weighted by atomic mass is 9.99. The van der Waals surface area contributed by atoms with Crippen LogP contribution in [0.2, 0.25) is 0 Å². The van der Waals surface area contributed by atoms with Crippen LogP contribution in [0.3, 0.4) is 0 Å². The van der Waals surface area contributed by atoms with Gasteiger partial charge in [0, 0.05) is 6.54 Å².